The fourth-order valence-electron chi connectivity index (χ4n) is 3.95. The lowest BCUT2D eigenvalue weighted by Crippen LogP contribution is -2.50. The van der Waals surface area contributed by atoms with Gasteiger partial charge in [0, 0.05) is 26.6 Å². The summed E-state index contributed by atoms with van der Waals surface area (Å²) in [6, 6.07) is 14.2. The predicted molar refractivity (Wildman–Crippen MR) is 122 cm³/mol. The molecule has 0 bridgehead atoms. The van der Waals surface area contributed by atoms with Crippen LogP contribution in [0.15, 0.2) is 48.5 Å². The number of sulfonamides is 1. The molecule has 0 spiro atoms. The van der Waals surface area contributed by atoms with Crippen LogP contribution in [0.4, 0.5) is 5.69 Å². The van der Waals surface area contributed by atoms with Crippen molar-refractivity contribution in [3.8, 4) is 5.75 Å². The number of amides is 2. The van der Waals surface area contributed by atoms with Crippen LogP contribution in [0.1, 0.15) is 18.1 Å². The van der Waals surface area contributed by atoms with Crippen LogP contribution < -0.4 is 15.0 Å². The van der Waals surface area contributed by atoms with Gasteiger partial charge in [-0.05, 0) is 23.3 Å². The van der Waals surface area contributed by atoms with E-state index in [1.807, 2.05) is 0 Å². The number of nitrogens with zero attached hydrogens (tertiary/aromatic N) is 2. The summed E-state index contributed by atoms with van der Waals surface area (Å²) in [4.78, 5) is 26.5. The number of benzene rings is 2. The van der Waals surface area contributed by atoms with Crippen molar-refractivity contribution in [2.45, 2.75) is 25.3 Å². The van der Waals surface area contributed by atoms with Gasteiger partial charge < -0.3 is 19.7 Å². The van der Waals surface area contributed by atoms with Crippen LogP contribution in [0.25, 0.3) is 0 Å². The molecule has 0 saturated carbocycles. The summed E-state index contributed by atoms with van der Waals surface area (Å²) >= 11 is 0. The van der Waals surface area contributed by atoms with Gasteiger partial charge in [-0.2, -0.15) is 4.31 Å². The van der Waals surface area contributed by atoms with Crippen molar-refractivity contribution < 1.29 is 27.5 Å². The largest absolute Gasteiger partial charge is 0.477 e. The molecular weight excluding hydrogens is 446 g/mol. The maximum Gasteiger partial charge on any atom is 0.263 e. The lowest BCUT2D eigenvalue weighted by atomic mass is 10.1. The maximum absolute atomic E-state index is 12.9. The third kappa shape index (κ3) is 5.35. The average molecular weight is 474 g/mol. The molecule has 1 atom stereocenters. The first-order valence-electron chi connectivity index (χ1n) is 10.8. The number of rotatable bonds is 6. The number of carbonyl (C=O) groups is 2. The normalized spacial score (nSPS) is 18.8. The molecule has 2 amide bonds. The molecule has 2 aromatic rings. The number of hydrogen-bond acceptors (Lipinski definition) is 6. The Kier molecular flexibility index (Phi) is 6.96. The predicted octanol–water partition coefficient (Wildman–Crippen LogP) is 1.28. The van der Waals surface area contributed by atoms with Gasteiger partial charge >= 0.3 is 0 Å². The van der Waals surface area contributed by atoms with E-state index in [-0.39, 0.29) is 30.7 Å². The molecule has 1 saturated heterocycles. The summed E-state index contributed by atoms with van der Waals surface area (Å²) in [6.07, 6.45) is -0.868. The van der Waals surface area contributed by atoms with Crippen molar-refractivity contribution in [1.82, 2.24) is 9.62 Å². The number of para-hydroxylation sites is 2. The highest BCUT2D eigenvalue weighted by Crippen LogP contribution is 2.33. The minimum atomic E-state index is -3.50. The molecule has 0 aromatic heterocycles. The standard InChI is InChI=1S/C23H27N3O6S/c1-17(27)26-15-22(32-21-9-5-4-8-20(21)26)23(28)24-14-18-6-2-3-7-19(18)16-33(29,30)25-10-12-31-13-11-25/h2-9,22H,10-16H2,1H3,(H,24,28)/t22-/m1/s1. The molecule has 1 N–H and O–H groups in total. The molecule has 33 heavy (non-hydrogen) atoms. The molecule has 10 heteroatoms. The molecule has 2 aliphatic rings. The highest BCUT2D eigenvalue weighted by atomic mass is 32.2. The number of hydrogen-bond donors (Lipinski definition) is 1. The quantitative estimate of drug-likeness (QED) is 0.678. The summed E-state index contributed by atoms with van der Waals surface area (Å²) in [5.74, 6) is -0.232. The Morgan fingerprint density at radius 3 is 2.42 bits per heavy atom. The maximum atomic E-state index is 12.9. The number of anilines is 1. The minimum absolute atomic E-state index is 0.102. The Morgan fingerprint density at radius 2 is 1.70 bits per heavy atom. The second kappa shape index (κ2) is 9.90. The van der Waals surface area contributed by atoms with Crippen molar-refractivity contribution in [3.05, 3.63) is 59.7 Å². The summed E-state index contributed by atoms with van der Waals surface area (Å²) in [5, 5.41) is 2.83. The SMILES string of the molecule is CC(=O)N1C[C@H](C(=O)NCc2ccccc2CS(=O)(=O)N2CCOCC2)Oc2ccccc21. The highest BCUT2D eigenvalue weighted by Gasteiger charge is 2.32. The van der Waals surface area contributed by atoms with Gasteiger partial charge in [-0.15, -0.1) is 0 Å². The second-order valence-corrected chi connectivity index (χ2v) is 9.93. The Morgan fingerprint density at radius 1 is 1.03 bits per heavy atom. The van der Waals surface area contributed by atoms with Crippen LogP contribution in [0.5, 0.6) is 5.75 Å². The first kappa shape index (κ1) is 23.2. The van der Waals surface area contributed by atoms with E-state index in [0.29, 0.717) is 48.9 Å². The number of nitrogens with one attached hydrogen (secondary N) is 1. The summed E-state index contributed by atoms with van der Waals surface area (Å²) in [6.45, 7) is 3.16. The third-order valence-electron chi connectivity index (χ3n) is 5.72. The third-order valence-corrected chi connectivity index (χ3v) is 7.55. The zero-order valence-electron chi connectivity index (χ0n) is 18.4. The zero-order valence-corrected chi connectivity index (χ0v) is 19.2. The van der Waals surface area contributed by atoms with Gasteiger partial charge in [0.1, 0.15) is 5.75 Å². The molecule has 0 radical (unpaired) electrons. The van der Waals surface area contributed by atoms with Crippen LogP contribution >= 0.6 is 0 Å². The van der Waals surface area contributed by atoms with Crippen molar-refractivity contribution in [2.75, 3.05) is 37.7 Å². The Labute approximate surface area is 193 Å². The van der Waals surface area contributed by atoms with Gasteiger partial charge in [-0.3, -0.25) is 9.59 Å². The van der Waals surface area contributed by atoms with Gasteiger partial charge in [0.25, 0.3) is 5.91 Å². The van der Waals surface area contributed by atoms with Crippen LogP contribution in [0.3, 0.4) is 0 Å². The molecule has 2 aliphatic heterocycles. The van der Waals surface area contributed by atoms with E-state index >= 15 is 0 Å². The molecule has 1 fully saturated rings. The van der Waals surface area contributed by atoms with E-state index in [4.69, 9.17) is 9.47 Å². The van der Waals surface area contributed by atoms with Gasteiger partial charge in [-0.25, -0.2) is 8.42 Å². The van der Waals surface area contributed by atoms with Crippen LogP contribution in [-0.4, -0.2) is 63.5 Å². The fourth-order valence-corrected chi connectivity index (χ4v) is 5.51. The van der Waals surface area contributed by atoms with Gasteiger partial charge in [-0.1, -0.05) is 36.4 Å². The fraction of sp³-hybridized carbons (Fsp3) is 0.391. The molecule has 176 valence electrons. The number of fused-ring (bicyclic) bond motifs is 1. The topological polar surface area (TPSA) is 105 Å². The zero-order chi connectivity index (χ0) is 23.4. The summed E-state index contributed by atoms with van der Waals surface area (Å²) < 4.78 is 38.2. The molecule has 0 aliphatic carbocycles. The number of carbonyl (C=O) groups excluding carboxylic acids is 2. The Bertz CT molecular complexity index is 1130. The molecular formula is C23H27N3O6S. The summed E-state index contributed by atoms with van der Waals surface area (Å²) in [7, 11) is -3.50. The number of morpholine rings is 1. The molecule has 2 heterocycles. The van der Waals surface area contributed by atoms with Crippen molar-refractivity contribution >= 4 is 27.5 Å². The lowest BCUT2D eigenvalue weighted by molar-refractivity contribution is -0.128. The van der Waals surface area contributed by atoms with Gasteiger partial charge in [0.15, 0.2) is 6.10 Å². The average Bonchev–Trinajstić information content (AvgIpc) is 2.83. The first-order valence-corrected chi connectivity index (χ1v) is 12.4. The van der Waals surface area contributed by atoms with E-state index in [2.05, 4.69) is 5.32 Å². The molecule has 2 aromatic carbocycles. The first-order chi connectivity index (χ1) is 15.8. The monoisotopic (exact) mass is 473 g/mol. The van der Waals surface area contributed by atoms with E-state index in [9.17, 15) is 18.0 Å². The lowest BCUT2D eigenvalue weighted by Gasteiger charge is -2.33. The Hall–Kier alpha value is -2.95. The van der Waals surface area contributed by atoms with Crippen LogP contribution in [0.2, 0.25) is 0 Å². The molecule has 0 unspecified atom stereocenters. The highest BCUT2D eigenvalue weighted by molar-refractivity contribution is 7.88. The molecule has 9 nitrogen and oxygen atoms in total. The smallest absolute Gasteiger partial charge is 0.263 e. The van der Waals surface area contributed by atoms with Crippen molar-refractivity contribution in [1.29, 1.82) is 0 Å². The van der Waals surface area contributed by atoms with Gasteiger partial charge in [0.2, 0.25) is 15.9 Å². The van der Waals surface area contributed by atoms with Crippen molar-refractivity contribution in [3.63, 3.8) is 0 Å². The number of ether oxygens (including phenoxy) is 2. The van der Waals surface area contributed by atoms with E-state index < -0.39 is 16.1 Å². The van der Waals surface area contributed by atoms with Crippen LogP contribution in [-0.2, 0) is 36.6 Å². The van der Waals surface area contributed by atoms with Crippen LogP contribution in [0, 0.1) is 0 Å². The Balaban J connectivity index is 1.43. The van der Waals surface area contributed by atoms with E-state index in [1.54, 1.807) is 48.5 Å². The minimum Gasteiger partial charge on any atom is -0.477 e. The van der Waals surface area contributed by atoms with Crippen molar-refractivity contribution in [2.24, 2.45) is 0 Å². The molecule has 4 rings (SSSR count). The van der Waals surface area contributed by atoms with E-state index in [0.717, 1.165) is 0 Å². The van der Waals surface area contributed by atoms with E-state index in [1.165, 1.54) is 16.1 Å². The summed E-state index contributed by atoms with van der Waals surface area (Å²) in [5.41, 5.74) is 1.97. The second-order valence-electron chi connectivity index (χ2n) is 7.96. The van der Waals surface area contributed by atoms with Gasteiger partial charge in [0.05, 0.1) is 31.2 Å².